The summed E-state index contributed by atoms with van der Waals surface area (Å²) in [6.45, 7) is 1.89. The van der Waals surface area contributed by atoms with Gasteiger partial charge in [-0.1, -0.05) is 23.8 Å². The number of methoxy groups -OCH3 is 1. The number of hydrogen-bond donors (Lipinski definition) is 0. The van der Waals surface area contributed by atoms with Crippen molar-refractivity contribution in [3.63, 3.8) is 0 Å². The third kappa shape index (κ3) is 4.57. The molecule has 0 aliphatic carbocycles. The average molecular weight is 431 g/mol. The van der Waals surface area contributed by atoms with Crippen molar-refractivity contribution in [2.45, 2.75) is 6.92 Å². The fourth-order valence-corrected chi connectivity index (χ4v) is 3.07. The normalized spacial score (nSPS) is 14.2. The minimum Gasteiger partial charge on any atom is -0.493 e. The SMILES string of the molecule is COc1cc(/C=C2\N=C(c3ccc(F)cc3)OC2=O)ccc1OC(=O)c1cccc(C)c1. The highest BCUT2D eigenvalue weighted by Gasteiger charge is 2.24. The lowest BCUT2D eigenvalue weighted by molar-refractivity contribution is -0.129. The van der Waals surface area contributed by atoms with Gasteiger partial charge >= 0.3 is 11.9 Å². The second kappa shape index (κ2) is 8.85. The summed E-state index contributed by atoms with van der Waals surface area (Å²) in [7, 11) is 1.45. The summed E-state index contributed by atoms with van der Waals surface area (Å²) in [5.74, 6) is -0.883. The Balaban J connectivity index is 1.57. The van der Waals surface area contributed by atoms with Crippen LogP contribution in [0.25, 0.3) is 6.08 Å². The molecule has 0 aromatic heterocycles. The van der Waals surface area contributed by atoms with Gasteiger partial charge in [0.25, 0.3) is 0 Å². The molecule has 4 rings (SSSR count). The van der Waals surface area contributed by atoms with E-state index in [-0.39, 0.29) is 17.3 Å². The second-order valence-corrected chi connectivity index (χ2v) is 7.01. The number of benzene rings is 3. The number of aryl methyl sites for hydroxylation is 1. The van der Waals surface area contributed by atoms with Crippen LogP contribution < -0.4 is 9.47 Å². The highest BCUT2D eigenvalue weighted by molar-refractivity contribution is 6.12. The standard InChI is InChI=1S/C25H18FNO5/c1-15-4-3-5-18(12-15)24(28)31-21-11-6-16(14-22(21)30-2)13-20-25(29)32-23(27-20)17-7-9-19(26)10-8-17/h3-14H,1-2H3/b20-13-. The van der Waals surface area contributed by atoms with E-state index in [0.29, 0.717) is 22.4 Å². The molecule has 3 aromatic rings. The Bertz CT molecular complexity index is 1260. The molecule has 7 heteroatoms. The molecule has 0 amide bonds. The summed E-state index contributed by atoms with van der Waals surface area (Å²) >= 11 is 0. The summed E-state index contributed by atoms with van der Waals surface area (Å²) in [6.07, 6.45) is 1.52. The van der Waals surface area contributed by atoms with Gasteiger partial charge in [-0.25, -0.2) is 19.0 Å². The van der Waals surface area contributed by atoms with Crippen LogP contribution in [0.3, 0.4) is 0 Å². The van der Waals surface area contributed by atoms with Crippen molar-refractivity contribution in [1.29, 1.82) is 0 Å². The van der Waals surface area contributed by atoms with Gasteiger partial charge in [0, 0.05) is 5.56 Å². The van der Waals surface area contributed by atoms with Gasteiger partial charge in [-0.3, -0.25) is 0 Å². The predicted molar refractivity (Wildman–Crippen MR) is 116 cm³/mol. The second-order valence-electron chi connectivity index (χ2n) is 7.01. The van der Waals surface area contributed by atoms with E-state index in [4.69, 9.17) is 14.2 Å². The molecule has 0 unspecified atom stereocenters. The molecule has 0 radical (unpaired) electrons. The van der Waals surface area contributed by atoms with Gasteiger partial charge in [-0.15, -0.1) is 0 Å². The van der Waals surface area contributed by atoms with Crippen molar-refractivity contribution in [3.05, 3.63) is 100 Å². The van der Waals surface area contributed by atoms with Crippen molar-refractivity contribution >= 4 is 23.9 Å². The Hall–Kier alpha value is -4.26. The third-order valence-electron chi connectivity index (χ3n) is 4.66. The van der Waals surface area contributed by atoms with Crippen molar-refractivity contribution < 1.29 is 28.2 Å². The van der Waals surface area contributed by atoms with Crippen LogP contribution in [0.15, 0.2) is 77.4 Å². The molecule has 3 aromatic carbocycles. The predicted octanol–water partition coefficient (Wildman–Crippen LogP) is 4.71. The van der Waals surface area contributed by atoms with E-state index in [1.807, 2.05) is 13.0 Å². The summed E-state index contributed by atoms with van der Waals surface area (Å²) in [4.78, 5) is 28.8. The Morgan fingerprint density at radius 1 is 1.03 bits per heavy atom. The van der Waals surface area contributed by atoms with Crippen LogP contribution in [0.1, 0.15) is 27.0 Å². The first-order chi connectivity index (χ1) is 15.4. The zero-order valence-electron chi connectivity index (χ0n) is 17.3. The van der Waals surface area contributed by atoms with E-state index in [1.165, 1.54) is 37.5 Å². The third-order valence-corrected chi connectivity index (χ3v) is 4.66. The van der Waals surface area contributed by atoms with Crippen LogP contribution in [0, 0.1) is 12.7 Å². The number of carbonyl (C=O) groups is 2. The van der Waals surface area contributed by atoms with Gasteiger partial charge in [0.1, 0.15) is 5.82 Å². The van der Waals surface area contributed by atoms with Gasteiger partial charge in [0.05, 0.1) is 12.7 Å². The number of esters is 2. The molecule has 1 aliphatic heterocycles. The highest BCUT2D eigenvalue weighted by Crippen LogP contribution is 2.30. The summed E-state index contributed by atoms with van der Waals surface area (Å²) in [6, 6.07) is 17.4. The molecule has 0 saturated heterocycles. The lowest BCUT2D eigenvalue weighted by Crippen LogP contribution is -2.09. The largest absolute Gasteiger partial charge is 0.493 e. The quantitative estimate of drug-likeness (QED) is 0.332. The molecule has 0 fully saturated rings. The van der Waals surface area contributed by atoms with E-state index in [9.17, 15) is 14.0 Å². The molecule has 0 spiro atoms. The topological polar surface area (TPSA) is 74.2 Å². The fourth-order valence-electron chi connectivity index (χ4n) is 3.07. The van der Waals surface area contributed by atoms with E-state index in [0.717, 1.165) is 5.56 Å². The molecule has 0 saturated carbocycles. The summed E-state index contributed by atoms with van der Waals surface area (Å²) in [5.41, 5.74) is 2.52. The molecule has 1 heterocycles. The van der Waals surface area contributed by atoms with E-state index in [1.54, 1.807) is 36.4 Å². The van der Waals surface area contributed by atoms with Gasteiger partial charge in [0.2, 0.25) is 5.90 Å². The van der Waals surface area contributed by atoms with Crippen molar-refractivity contribution in [3.8, 4) is 11.5 Å². The number of hydrogen-bond acceptors (Lipinski definition) is 6. The smallest absolute Gasteiger partial charge is 0.363 e. The van der Waals surface area contributed by atoms with E-state index < -0.39 is 17.8 Å². The van der Waals surface area contributed by atoms with Crippen molar-refractivity contribution in [2.75, 3.05) is 7.11 Å². The highest BCUT2D eigenvalue weighted by atomic mass is 19.1. The maximum Gasteiger partial charge on any atom is 0.363 e. The first-order valence-electron chi connectivity index (χ1n) is 9.68. The van der Waals surface area contributed by atoms with Crippen molar-refractivity contribution in [2.24, 2.45) is 4.99 Å². The first-order valence-corrected chi connectivity index (χ1v) is 9.68. The van der Waals surface area contributed by atoms with Crippen LogP contribution in [-0.2, 0) is 9.53 Å². The maximum absolute atomic E-state index is 13.1. The van der Waals surface area contributed by atoms with Crippen LogP contribution in [-0.4, -0.2) is 24.9 Å². The van der Waals surface area contributed by atoms with Gasteiger partial charge < -0.3 is 14.2 Å². The maximum atomic E-state index is 13.1. The minimum atomic E-state index is -0.627. The number of nitrogens with zero attached hydrogens (tertiary/aromatic N) is 1. The van der Waals surface area contributed by atoms with Crippen LogP contribution in [0.4, 0.5) is 4.39 Å². The van der Waals surface area contributed by atoms with Crippen molar-refractivity contribution in [1.82, 2.24) is 0 Å². The van der Waals surface area contributed by atoms with Gasteiger partial charge in [0.15, 0.2) is 17.2 Å². The minimum absolute atomic E-state index is 0.0795. The lowest BCUT2D eigenvalue weighted by atomic mass is 10.1. The number of rotatable bonds is 5. The number of cyclic esters (lactones) is 1. The van der Waals surface area contributed by atoms with E-state index in [2.05, 4.69) is 4.99 Å². The monoisotopic (exact) mass is 431 g/mol. The Morgan fingerprint density at radius 2 is 1.81 bits per heavy atom. The molecule has 0 N–H and O–H groups in total. The molecule has 1 aliphatic rings. The van der Waals surface area contributed by atoms with Crippen LogP contribution >= 0.6 is 0 Å². The van der Waals surface area contributed by atoms with Gasteiger partial charge in [-0.05, 0) is 67.1 Å². The number of ether oxygens (including phenoxy) is 3. The summed E-state index contributed by atoms with van der Waals surface area (Å²) in [5, 5.41) is 0. The number of carbonyl (C=O) groups excluding carboxylic acids is 2. The molecule has 0 bridgehead atoms. The molecule has 6 nitrogen and oxygen atoms in total. The molecule has 160 valence electrons. The number of aliphatic imine (C=N–C) groups is 1. The Morgan fingerprint density at radius 3 is 2.53 bits per heavy atom. The molecule has 32 heavy (non-hydrogen) atoms. The fraction of sp³-hybridized carbons (Fsp3) is 0.0800. The molecular weight excluding hydrogens is 413 g/mol. The Kier molecular flexibility index (Phi) is 5.81. The zero-order chi connectivity index (χ0) is 22.7. The Labute approximate surface area is 183 Å². The van der Waals surface area contributed by atoms with Crippen LogP contribution in [0.2, 0.25) is 0 Å². The van der Waals surface area contributed by atoms with E-state index >= 15 is 0 Å². The number of halogens is 1. The lowest BCUT2D eigenvalue weighted by Gasteiger charge is -2.10. The van der Waals surface area contributed by atoms with Gasteiger partial charge in [-0.2, -0.15) is 0 Å². The summed E-state index contributed by atoms with van der Waals surface area (Å²) < 4.78 is 29.1. The molecular formula is C25H18FNO5. The zero-order valence-corrected chi connectivity index (χ0v) is 17.3. The first kappa shape index (κ1) is 21.0. The van der Waals surface area contributed by atoms with Crippen LogP contribution in [0.5, 0.6) is 11.5 Å². The average Bonchev–Trinajstić information content (AvgIpc) is 3.15. The molecule has 0 atom stereocenters.